The van der Waals surface area contributed by atoms with Gasteiger partial charge in [0, 0.05) is 17.4 Å². The highest BCUT2D eigenvalue weighted by molar-refractivity contribution is 6.02. The molecular weight excluding hydrogens is 366 g/mol. The zero-order valence-corrected chi connectivity index (χ0v) is 16.7. The van der Waals surface area contributed by atoms with Crippen molar-refractivity contribution >= 4 is 18.0 Å². The number of aromatic nitrogens is 1. The minimum Gasteiger partial charge on any atom is -0.478 e. The molecular formula is C23H25N3O3. The number of rotatable bonds is 5. The molecule has 6 heteroatoms. The Morgan fingerprint density at radius 1 is 1.21 bits per heavy atom. The second-order valence-corrected chi connectivity index (χ2v) is 7.46. The fourth-order valence-electron chi connectivity index (χ4n) is 3.97. The zero-order chi connectivity index (χ0) is 21.0. The van der Waals surface area contributed by atoms with Gasteiger partial charge in [0.1, 0.15) is 11.6 Å². The van der Waals surface area contributed by atoms with Gasteiger partial charge in [-0.25, -0.2) is 4.79 Å². The van der Waals surface area contributed by atoms with Gasteiger partial charge in [-0.15, -0.1) is 0 Å². The van der Waals surface area contributed by atoms with Crippen LogP contribution in [0.2, 0.25) is 0 Å². The summed E-state index contributed by atoms with van der Waals surface area (Å²) in [7, 11) is 0. The molecule has 6 nitrogen and oxygen atoms in total. The fraction of sp³-hybridized carbons (Fsp3) is 0.348. The van der Waals surface area contributed by atoms with Crippen molar-refractivity contribution < 1.29 is 14.7 Å². The number of hydrogen-bond donors (Lipinski definition) is 2. The smallest absolute Gasteiger partial charge is 0.337 e. The maximum Gasteiger partial charge on any atom is 0.337 e. The Morgan fingerprint density at radius 3 is 2.55 bits per heavy atom. The summed E-state index contributed by atoms with van der Waals surface area (Å²) in [6.07, 6.45) is 6.87. The van der Waals surface area contributed by atoms with Crippen LogP contribution in [-0.2, 0) is 4.79 Å². The third-order valence-electron chi connectivity index (χ3n) is 5.45. The summed E-state index contributed by atoms with van der Waals surface area (Å²) < 4.78 is 1.84. The van der Waals surface area contributed by atoms with Gasteiger partial charge in [0.2, 0.25) is 0 Å². The number of nitrogens with one attached hydrogen (secondary N) is 1. The van der Waals surface area contributed by atoms with E-state index < -0.39 is 5.97 Å². The first kappa shape index (κ1) is 20.4. The molecule has 1 aliphatic carbocycles. The number of nitriles is 1. The van der Waals surface area contributed by atoms with Gasteiger partial charge in [0.05, 0.1) is 11.3 Å². The number of aryl methyl sites for hydroxylation is 1. The van der Waals surface area contributed by atoms with Crippen molar-refractivity contribution in [3.63, 3.8) is 0 Å². The number of aromatic carboxylic acids is 1. The molecule has 1 fully saturated rings. The highest BCUT2D eigenvalue weighted by Gasteiger charge is 2.20. The average Bonchev–Trinajstić information content (AvgIpc) is 2.99. The van der Waals surface area contributed by atoms with Gasteiger partial charge in [-0.2, -0.15) is 5.26 Å². The van der Waals surface area contributed by atoms with E-state index in [1.807, 2.05) is 30.6 Å². The van der Waals surface area contributed by atoms with Gasteiger partial charge in [-0.1, -0.05) is 31.4 Å². The molecule has 29 heavy (non-hydrogen) atoms. The van der Waals surface area contributed by atoms with Crippen LogP contribution in [0, 0.1) is 25.2 Å². The van der Waals surface area contributed by atoms with Gasteiger partial charge in [-0.05, 0) is 56.5 Å². The van der Waals surface area contributed by atoms with E-state index in [1.54, 1.807) is 30.3 Å². The Hall–Kier alpha value is -3.33. The van der Waals surface area contributed by atoms with Crippen molar-refractivity contribution in [2.75, 3.05) is 0 Å². The molecule has 0 unspecified atom stereocenters. The van der Waals surface area contributed by atoms with Gasteiger partial charge < -0.3 is 15.0 Å². The van der Waals surface area contributed by atoms with Crippen LogP contribution >= 0.6 is 0 Å². The molecule has 1 amide bonds. The van der Waals surface area contributed by atoms with Crippen LogP contribution in [0.15, 0.2) is 35.9 Å². The van der Waals surface area contributed by atoms with Crippen LogP contribution in [-0.4, -0.2) is 27.6 Å². The molecule has 0 saturated heterocycles. The van der Waals surface area contributed by atoms with E-state index in [1.165, 1.54) is 6.42 Å². The number of carboxylic acids is 1. The summed E-state index contributed by atoms with van der Waals surface area (Å²) in [5, 5.41) is 22.0. The molecule has 2 aromatic rings. The van der Waals surface area contributed by atoms with Gasteiger partial charge in [0.15, 0.2) is 0 Å². The van der Waals surface area contributed by atoms with Gasteiger partial charge in [-0.3, -0.25) is 4.79 Å². The number of para-hydroxylation sites is 1. The van der Waals surface area contributed by atoms with E-state index in [0.29, 0.717) is 5.69 Å². The number of carboxylic acid groups (broad SMARTS) is 1. The van der Waals surface area contributed by atoms with E-state index in [2.05, 4.69) is 5.32 Å². The minimum atomic E-state index is -1.00. The predicted octanol–water partition coefficient (Wildman–Crippen LogP) is 4.15. The Labute approximate surface area is 170 Å². The second kappa shape index (κ2) is 8.78. The molecule has 2 N–H and O–H groups in total. The van der Waals surface area contributed by atoms with Crippen LogP contribution in [0.3, 0.4) is 0 Å². The first-order chi connectivity index (χ1) is 13.9. The first-order valence-electron chi connectivity index (χ1n) is 9.86. The lowest BCUT2D eigenvalue weighted by Crippen LogP contribution is -2.36. The third-order valence-corrected chi connectivity index (χ3v) is 5.45. The summed E-state index contributed by atoms with van der Waals surface area (Å²) >= 11 is 0. The maximum absolute atomic E-state index is 12.6. The SMILES string of the molecule is Cc1cc(/C=C(/C#N)C(=O)NC2CCCCC2)c(C)n1-c1ccccc1C(=O)O. The van der Waals surface area contributed by atoms with Gasteiger partial charge >= 0.3 is 5.97 Å². The normalized spacial score (nSPS) is 15.0. The summed E-state index contributed by atoms with van der Waals surface area (Å²) in [6, 6.07) is 10.8. The highest BCUT2D eigenvalue weighted by Crippen LogP contribution is 2.25. The molecule has 3 rings (SSSR count). The van der Waals surface area contributed by atoms with Crippen molar-refractivity contribution in [2.45, 2.75) is 52.0 Å². The van der Waals surface area contributed by atoms with Crippen molar-refractivity contribution in [1.82, 2.24) is 9.88 Å². The molecule has 0 aliphatic heterocycles. The molecule has 1 saturated carbocycles. The molecule has 1 aliphatic rings. The summed E-state index contributed by atoms with van der Waals surface area (Å²) in [6.45, 7) is 3.72. The van der Waals surface area contributed by atoms with E-state index in [4.69, 9.17) is 0 Å². The topological polar surface area (TPSA) is 95.1 Å². The fourth-order valence-corrected chi connectivity index (χ4v) is 3.97. The molecule has 150 valence electrons. The van der Waals surface area contributed by atoms with Crippen molar-refractivity contribution in [3.05, 3.63) is 58.4 Å². The number of carbonyl (C=O) groups excluding carboxylic acids is 1. The Balaban J connectivity index is 1.94. The molecule has 0 bridgehead atoms. The van der Waals surface area contributed by atoms with Crippen LogP contribution in [0.1, 0.15) is 59.4 Å². The minimum absolute atomic E-state index is 0.0577. The molecule has 0 spiro atoms. The Bertz CT molecular complexity index is 1000. The predicted molar refractivity (Wildman–Crippen MR) is 111 cm³/mol. The summed E-state index contributed by atoms with van der Waals surface area (Å²) in [5.74, 6) is -1.36. The lowest BCUT2D eigenvalue weighted by atomic mass is 9.95. The maximum atomic E-state index is 12.6. The summed E-state index contributed by atoms with van der Waals surface area (Å²) in [4.78, 5) is 24.2. The number of amides is 1. The van der Waals surface area contributed by atoms with Crippen LogP contribution < -0.4 is 5.32 Å². The van der Waals surface area contributed by atoms with Crippen molar-refractivity contribution in [2.24, 2.45) is 0 Å². The van der Waals surface area contributed by atoms with E-state index in [9.17, 15) is 20.0 Å². The summed E-state index contributed by atoms with van der Waals surface area (Å²) in [5.41, 5.74) is 3.13. The lowest BCUT2D eigenvalue weighted by Gasteiger charge is -2.22. The lowest BCUT2D eigenvalue weighted by molar-refractivity contribution is -0.117. The highest BCUT2D eigenvalue weighted by atomic mass is 16.4. The largest absolute Gasteiger partial charge is 0.478 e. The third kappa shape index (κ3) is 4.40. The van der Waals surface area contributed by atoms with E-state index >= 15 is 0 Å². The van der Waals surface area contributed by atoms with Gasteiger partial charge in [0.25, 0.3) is 5.91 Å². The van der Waals surface area contributed by atoms with Crippen molar-refractivity contribution in [3.8, 4) is 11.8 Å². The standard InChI is InChI=1S/C23H25N3O3/c1-15-12-17(13-18(14-24)22(27)25-19-8-4-3-5-9-19)16(2)26(15)21-11-7-6-10-20(21)23(28)29/h6-7,10-13,19H,3-5,8-9H2,1-2H3,(H,25,27)(H,28,29)/b18-13-. The molecule has 1 aromatic heterocycles. The average molecular weight is 391 g/mol. The zero-order valence-electron chi connectivity index (χ0n) is 16.7. The van der Waals surface area contributed by atoms with E-state index in [-0.39, 0.29) is 23.1 Å². The van der Waals surface area contributed by atoms with Crippen molar-refractivity contribution in [1.29, 1.82) is 5.26 Å². The van der Waals surface area contributed by atoms with Crippen LogP contribution in [0.25, 0.3) is 11.8 Å². The van der Waals surface area contributed by atoms with Crippen LogP contribution in [0.5, 0.6) is 0 Å². The molecule has 0 radical (unpaired) electrons. The number of nitrogens with zero attached hydrogens (tertiary/aromatic N) is 2. The molecule has 1 aromatic carbocycles. The Morgan fingerprint density at radius 2 is 1.90 bits per heavy atom. The first-order valence-corrected chi connectivity index (χ1v) is 9.86. The quantitative estimate of drug-likeness (QED) is 0.591. The van der Waals surface area contributed by atoms with E-state index in [0.717, 1.165) is 42.6 Å². The monoisotopic (exact) mass is 391 g/mol. The number of benzene rings is 1. The molecule has 1 heterocycles. The number of carbonyl (C=O) groups is 2. The second-order valence-electron chi connectivity index (χ2n) is 7.46. The molecule has 0 atom stereocenters. The Kier molecular flexibility index (Phi) is 6.18. The van der Waals surface area contributed by atoms with Crippen LogP contribution in [0.4, 0.5) is 0 Å². The number of hydrogen-bond acceptors (Lipinski definition) is 3.